The first-order valence-electron chi connectivity index (χ1n) is 9.14. The molecule has 2 heterocycles. The van der Waals surface area contributed by atoms with Gasteiger partial charge < -0.3 is 10.6 Å². The zero-order valence-electron chi connectivity index (χ0n) is 15.8. The van der Waals surface area contributed by atoms with Crippen LogP contribution >= 0.6 is 0 Å². The largest absolute Gasteiger partial charge is 0.365 e. The molecular weight excluding hydrogens is 354 g/mol. The van der Waals surface area contributed by atoms with E-state index in [0.29, 0.717) is 18.8 Å². The van der Waals surface area contributed by atoms with E-state index >= 15 is 0 Å². The number of hydrogen-bond acceptors (Lipinski definition) is 5. The molecule has 0 unspecified atom stereocenters. The Hall–Kier alpha value is -3.48. The van der Waals surface area contributed by atoms with Crippen molar-refractivity contribution in [2.45, 2.75) is 26.4 Å². The van der Waals surface area contributed by atoms with Gasteiger partial charge in [0, 0.05) is 24.6 Å². The summed E-state index contributed by atoms with van der Waals surface area (Å²) in [6.45, 7) is 2.60. The van der Waals surface area contributed by atoms with Crippen LogP contribution in [0.15, 0.2) is 65.7 Å². The van der Waals surface area contributed by atoms with Crippen molar-refractivity contribution in [1.29, 1.82) is 0 Å². The van der Waals surface area contributed by atoms with Crippen LogP contribution in [0.4, 0.5) is 5.82 Å². The van der Waals surface area contributed by atoms with Gasteiger partial charge in [-0.25, -0.2) is 4.98 Å². The predicted molar refractivity (Wildman–Crippen MR) is 108 cm³/mol. The lowest BCUT2D eigenvalue weighted by molar-refractivity contribution is -0.121. The summed E-state index contributed by atoms with van der Waals surface area (Å²) in [5.41, 5.74) is 2.27. The zero-order chi connectivity index (χ0) is 19.8. The Bertz CT molecular complexity index is 971. The maximum atomic E-state index is 12.7. The fourth-order valence-corrected chi connectivity index (χ4v) is 2.75. The summed E-state index contributed by atoms with van der Waals surface area (Å²) in [6, 6.07) is 15.5. The topological polar surface area (TPSA) is 88.9 Å². The molecule has 0 bridgehead atoms. The molecule has 1 amide bonds. The minimum absolute atomic E-state index is 0.0621. The average Bonchev–Trinajstić information content (AvgIpc) is 2.73. The molecular formula is C21H23N5O2. The van der Waals surface area contributed by atoms with Crippen LogP contribution in [0.5, 0.6) is 0 Å². The van der Waals surface area contributed by atoms with E-state index in [-0.39, 0.29) is 23.8 Å². The standard InChI is InChI=1S/C21H23N5O2/c1-16-13-25-20(23-12-10-17-7-3-2-4-8-17)21(28)26(16)15-19(27)24-14-18-9-5-6-11-22-18/h2-9,11,13H,10,12,14-15H2,1H3,(H,23,25)(H,24,27). The first kappa shape index (κ1) is 19.3. The second-order valence-electron chi connectivity index (χ2n) is 6.40. The molecule has 0 aliphatic rings. The maximum Gasteiger partial charge on any atom is 0.293 e. The number of pyridine rings is 1. The number of amides is 1. The molecule has 0 atom stereocenters. The van der Waals surface area contributed by atoms with Crippen molar-refractivity contribution in [3.8, 4) is 0 Å². The van der Waals surface area contributed by atoms with Gasteiger partial charge in [0.2, 0.25) is 5.91 Å². The fourth-order valence-electron chi connectivity index (χ4n) is 2.75. The molecule has 2 aromatic heterocycles. The lowest BCUT2D eigenvalue weighted by Crippen LogP contribution is -2.34. The molecule has 7 nitrogen and oxygen atoms in total. The lowest BCUT2D eigenvalue weighted by Gasteiger charge is -2.12. The van der Waals surface area contributed by atoms with Gasteiger partial charge in [-0.3, -0.25) is 19.1 Å². The van der Waals surface area contributed by atoms with E-state index in [0.717, 1.165) is 12.1 Å². The molecule has 0 saturated carbocycles. The van der Waals surface area contributed by atoms with E-state index in [1.807, 2.05) is 48.5 Å². The fraction of sp³-hybridized carbons (Fsp3) is 0.238. The van der Waals surface area contributed by atoms with Crippen LogP contribution in [0.3, 0.4) is 0 Å². The van der Waals surface area contributed by atoms with E-state index in [1.165, 1.54) is 10.1 Å². The number of anilines is 1. The second-order valence-corrected chi connectivity index (χ2v) is 6.40. The maximum absolute atomic E-state index is 12.7. The van der Waals surface area contributed by atoms with Crippen molar-refractivity contribution in [3.05, 3.63) is 88.2 Å². The third-order valence-electron chi connectivity index (χ3n) is 4.30. The first-order chi connectivity index (χ1) is 13.6. The van der Waals surface area contributed by atoms with Gasteiger partial charge in [0.05, 0.1) is 12.2 Å². The Labute approximate surface area is 163 Å². The average molecular weight is 377 g/mol. The van der Waals surface area contributed by atoms with Crippen LogP contribution < -0.4 is 16.2 Å². The van der Waals surface area contributed by atoms with Crippen molar-refractivity contribution < 1.29 is 4.79 Å². The SMILES string of the molecule is Cc1cnc(NCCc2ccccc2)c(=O)n1CC(=O)NCc1ccccn1. The molecule has 3 aromatic rings. The molecule has 7 heteroatoms. The van der Waals surface area contributed by atoms with Gasteiger partial charge >= 0.3 is 0 Å². The summed E-state index contributed by atoms with van der Waals surface area (Å²) in [5, 5.41) is 5.86. The van der Waals surface area contributed by atoms with Crippen molar-refractivity contribution >= 4 is 11.7 Å². The van der Waals surface area contributed by atoms with Gasteiger partial charge in [-0.1, -0.05) is 36.4 Å². The van der Waals surface area contributed by atoms with Crippen molar-refractivity contribution in [1.82, 2.24) is 19.9 Å². The lowest BCUT2D eigenvalue weighted by atomic mass is 10.1. The van der Waals surface area contributed by atoms with Gasteiger partial charge in [-0.05, 0) is 31.0 Å². The Morgan fingerprint density at radius 3 is 2.61 bits per heavy atom. The highest BCUT2D eigenvalue weighted by molar-refractivity contribution is 5.75. The summed E-state index contributed by atoms with van der Waals surface area (Å²) >= 11 is 0. The zero-order valence-corrected chi connectivity index (χ0v) is 15.8. The number of carbonyl (C=O) groups excluding carboxylic acids is 1. The number of carbonyl (C=O) groups is 1. The third-order valence-corrected chi connectivity index (χ3v) is 4.30. The number of aryl methyl sites for hydroxylation is 1. The number of hydrogen-bond donors (Lipinski definition) is 2. The summed E-state index contributed by atoms with van der Waals surface area (Å²) in [5.74, 6) is -0.00338. The quantitative estimate of drug-likeness (QED) is 0.626. The molecule has 28 heavy (non-hydrogen) atoms. The highest BCUT2D eigenvalue weighted by Gasteiger charge is 2.11. The van der Waals surface area contributed by atoms with Gasteiger partial charge in [0.25, 0.3) is 5.56 Å². The Kier molecular flexibility index (Phi) is 6.51. The van der Waals surface area contributed by atoms with Crippen molar-refractivity contribution in [3.63, 3.8) is 0 Å². The molecule has 1 aromatic carbocycles. The minimum atomic E-state index is -0.305. The third kappa shape index (κ3) is 5.26. The molecule has 0 fully saturated rings. The highest BCUT2D eigenvalue weighted by atomic mass is 16.2. The summed E-state index contributed by atoms with van der Waals surface area (Å²) in [6.07, 6.45) is 4.05. The van der Waals surface area contributed by atoms with Crippen LogP contribution in [0, 0.1) is 6.92 Å². The van der Waals surface area contributed by atoms with E-state index < -0.39 is 0 Å². The molecule has 2 N–H and O–H groups in total. The normalized spacial score (nSPS) is 10.5. The molecule has 0 radical (unpaired) electrons. The number of rotatable bonds is 8. The summed E-state index contributed by atoms with van der Waals surface area (Å²) in [4.78, 5) is 33.3. The first-order valence-corrected chi connectivity index (χ1v) is 9.14. The molecule has 3 rings (SSSR count). The van der Waals surface area contributed by atoms with Crippen LogP contribution in [0.2, 0.25) is 0 Å². The Morgan fingerprint density at radius 2 is 1.86 bits per heavy atom. The van der Waals surface area contributed by atoms with Crippen LogP contribution in [0.25, 0.3) is 0 Å². The van der Waals surface area contributed by atoms with E-state index in [4.69, 9.17) is 0 Å². The highest BCUT2D eigenvalue weighted by Crippen LogP contribution is 2.02. The van der Waals surface area contributed by atoms with Crippen molar-refractivity contribution in [2.75, 3.05) is 11.9 Å². The number of nitrogens with one attached hydrogen (secondary N) is 2. The number of nitrogens with zero attached hydrogens (tertiary/aromatic N) is 3. The van der Waals surface area contributed by atoms with Crippen LogP contribution in [0.1, 0.15) is 17.0 Å². The molecule has 0 aliphatic carbocycles. The van der Waals surface area contributed by atoms with Crippen LogP contribution in [-0.4, -0.2) is 27.0 Å². The number of aromatic nitrogens is 3. The van der Waals surface area contributed by atoms with E-state index in [9.17, 15) is 9.59 Å². The van der Waals surface area contributed by atoms with Crippen molar-refractivity contribution in [2.24, 2.45) is 0 Å². The second kappa shape index (κ2) is 9.45. The predicted octanol–water partition coefficient (Wildman–Crippen LogP) is 1.92. The van der Waals surface area contributed by atoms with E-state index in [1.54, 1.807) is 19.3 Å². The van der Waals surface area contributed by atoms with E-state index in [2.05, 4.69) is 20.6 Å². The number of benzene rings is 1. The molecule has 144 valence electrons. The Morgan fingerprint density at radius 1 is 1.07 bits per heavy atom. The van der Waals surface area contributed by atoms with Gasteiger partial charge in [-0.15, -0.1) is 0 Å². The van der Waals surface area contributed by atoms with Gasteiger partial charge in [0.1, 0.15) is 6.54 Å². The smallest absolute Gasteiger partial charge is 0.293 e. The van der Waals surface area contributed by atoms with Crippen LogP contribution in [-0.2, 0) is 24.3 Å². The van der Waals surface area contributed by atoms with Gasteiger partial charge in [0.15, 0.2) is 5.82 Å². The molecule has 0 saturated heterocycles. The summed E-state index contributed by atoms with van der Waals surface area (Å²) < 4.78 is 1.42. The van der Waals surface area contributed by atoms with Gasteiger partial charge in [-0.2, -0.15) is 0 Å². The Balaban J connectivity index is 1.60. The minimum Gasteiger partial charge on any atom is -0.365 e. The molecule has 0 aliphatic heterocycles. The monoisotopic (exact) mass is 377 g/mol. The summed E-state index contributed by atoms with van der Waals surface area (Å²) in [7, 11) is 0. The molecule has 0 spiro atoms.